The van der Waals surface area contributed by atoms with E-state index in [4.69, 9.17) is 5.73 Å². The molecule has 1 heterocycles. The number of anilines is 2. The van der Waals surface area contributed by atoms with Crippen LogP contribution < -0.4 is 11.1 Å². The molecule has 0 spiro atoms. The minimum atomic E-state index is 0.278. The minimum Gasteiger partial charge on any atom is -0.368 e. The standard InChI is InChI=1S/C9H15N5/c1-5(2)7-12-8(10)14-9(13-7)11-6-3-4-6/h5-6H,3-4H2,1-2H3,(H3,10,11,12,13,14). The van der Waals surface area contributed by atoms with Crippen LogP contribution in [-0.2, 0) is 0 Å². The molecular weight excluding hydrogens is 178 g/mol. The normalized spacial score (nSPS) is 15.9. The second-order valence-electron chi connectivity index (χ2n) is 3.95. The van der Waals surface area contributed by atoms with Crippen molar-refractivity contribution in [2.75, 3.05) is 11.1 Å². The van der Waals surface area contributed by atoms with Crippen LogP contribution in [0.3, 0.4) is 0 Å². The van der Waals surface area contributed by atoms with Crippen molar-refractivity contribution in [2.24, 2.45) is 0 Å². The van der Waals surface area contributed by atoms with Crippen LogP contribution in [0.4, 0.5) is 11.9 Å². The highest BCUT2D eigenvalue weighted by Crippen LogP contribution is 2.23. The molecule has 0 aliphatic heterocycles. The second-order valence-corrected chi connectivity index (χ2v) is 3.95. The Morgan fingerprint density at radius 1 is 1.29 bits per heavy atom. The van der Waals surface area contributed by atoms with E-state index in [1.165, 1.54) is 12.8 Å². The summed E-state index contributed by atoms with van der Waals surface area (Å²) in [4.78, 5) is 12.4. The van der Waals surface area contributed by atoms with Crippen molar-refractivity contribution < 1.29 is 0 Å². The summed E-state index contributed by atoms with van der Waals surface area (Å²) in [7, 11) is 0. The molecular formula is C9H15N5. The highest BCUT2D eigenvalue weighted by atomic mass is 15.2. The maximum Gasteiger partial charge on any atom is 0.227 e. The van der Waals surface area contributed by atoms with Crippen molar-refractivity contribution in [2.45, 2.75) is 38.6 Å². The second kappa shape index (κ2) is 3.40. The van der Waals surface area contributed by atoms with Crippen LogP contribution in [0.1, 0.15) is 38.4 Å². The van der Waals surface area contributed by atoms with E-state index in [2.05, 4.69) is 20.3 Å². The van der Waals surface area contributed by atoms with Crippen molar-refractivity contribution in [1.29, 1.82) is 0 Å². The first kappa shape index (κ1) is 9.18. The molecule has 0 atom stereocenters. The summed E-state index contributed by atoms with van der Waals surface area (Å²) in [5.41, 5.74) is 5.59. The molecule has 1 fully saturated rings. The van der Waals surface area contributed by atoms with Gasteiger partial charge in [-0.25, -0.2) is 0 Å². The molecule has 76 valence electrons. The van der Waals surface area contributed by atoms with Gasteiger partial charge >= 0.3 is 0 Å². The molecule has 0 unspecified atom stereocenters. The quantitative estimate of drug-likeness (QED) is 0.753. The number of nitrogens with one attached hydrogen (secondary N) is 1. The minimum absolute atomic E-state index is 0.278. The number of hydrogen-bond acceptors (Lipinski definition) is 5. The smallest absolute Gasteiger partial charge is 0.227 e. The van der Waals surface area contributed by atoms with Gasteiger partial charge in [0.25, 0.3) is 0 Å². The summed E-state index contributed by atoms with van der Waals surface area (Å²) in [5.74, 6) is 1.94. The summed E-state index contributed by atoms with van der Waals surface area (Å²) in [5, 5.41) is 3.21. The zero-order valence-electron chi connectivity index (χ0n) is 8.49. The molecule has 0 saturated heterocycles. The molecule has 1 aliphatic carbocycles. The predicted octanol–water partition coefficient (Wildman–Crippen LogP) is 1.15. The fraction of sp³-hybridized carbons (Fsp3) is 0.667. The van der Waals surface area contributed by atoms with Gasteiger partial charge in [0.1, 0.15) is 5.82 Å². The molecule has 14 heavy (non-hydrogen) atoms. The highest BCUT2D eigenvalue weighted by Gasteiger charge is 2.22. The lowest BCUT2D eigenvalue weighted by molar-refractivity contribution is 0.764. The first-order valence-electron chi connectivity index (χ1n) is 4.93. The van der Waals surface area contributed by atoms with E-state index < -0.39 is 0 Å². The Labute approximate surface area is 83.2 Å². The van der Waals surface area contributed by atoms with Gasteiger partial charge in [-0.05, 0) is 12.8 Å². The maximum atomic E-state index is 5.59. The average molecular weight is 193 g/mol. The predicted molar refractivity (Wildman–Crippen MR) is 55.0 cm³/mol. The number of nitrogens with zero attached hydrogens (tertiary/aromatic N) is 3. The molecule has 1 aliphatic rings. The molecule has 0 aromatic carbocycles. The SMILES string of the molecule is CC(C)c1nc(N)nc(NC2CC2)n1. The zero-order valence-corrected chi connectivity index (χ0v) is 8.49. The summed E-state index contributed by atoms with van der Waals surface area (Å²) in [6.45, 7) is 4.07. The highest BCUT2D eigenvalue weighted by molar-refractivity contribution is 5.33. The lowest BCUT2D eigenvalue weighted by atomic mass is 10.2. The lowest BCUT2D eigenvalue weighted by Crippen LogP contribution is -2.11. The monoisotopic (exact) mass is 193 g/mol. The number of aromatic nitrogens is 3. The molecule has 3 N–H and O–H groups in total. The fourth-order valence-electron chi connectivity index (χ4n) is 1.14. The molecule has 2 rings (SSSR count). The van der Waals surface area contributed by atoms with Crippen molar-refractivity contribution >= 4 is 11.9 Å². The molecule has 0 bridgehead atoms. The molecule has 1 aromatic heterocycles. The largest absolute Gasteiger partial charge is 0.368 e. The van der Waals surface area contributed by atoms with E-state index >= 15 is 0 Å². The van der Waals surface area contributed by atoms with Gasteiger partial charge in [-0.1, -0.05) is 13.8 Å². The molecule has 5 nitrogen and oxygen atoms in total. The van der Waals surface area contributed by atoms with E-state index in [1.54, 1.807) is 0 Å². The summed E-state index contributed by atoms with van der Waals surface area (Å²) < 4.78 is 0. The number of rotatable bonds is 3. The Bertz CT molecular complexity index is 332. The third-order valence-corrected chi connectivity index (χ3v) is 2.10. The van der Waals surface area contributed by atoms with E-state index in [9.17, 15) is 0 Å². The third-order valence-electron chi connectivity index (χ3n) is 2.10. The van der Waals surface area contributed by atoms with Crippen LogP contribution >= 0.6 is 0 Å². The van der Waals surface area contributed by atoms with Crippen molar-refractivity contribution in [3.05, 3.63) is 5.82 Å². The zero-order chi connectivity index (χ0) is 10.1. The Morgan fingerprint density at radius 3 is 2.57 bits per heavy atom. The van der Waals surface area contributed by atoms with Crippen LogP contribution in [0, 0.1) is 0 Å². The van der Waals surface area contributed by atoms with Crippen molar-refractivity contribution in [1.82, 2.24) is 15.0 Å². The first-order valence-corrected chi connectivity index (χ1v) is 4.93. The first-order chi connectivity index (χ1) is 6.65. The van der Waals surface area contributed by atoms with Gasteiger partial charge in [-0.3, -0.25) is 0 Å². The number of hydrogen-bond donors (Lipinski definition) is 2. The van der Waals surface area contributed by atoms with Crippen LogP contribution in [-0.4, -0.2) is 21.0 Å². The molecule has 5 heteroatoms. The van der Waals surface area contributed by atoms with Crippen LogP contribution in [0.5, 0.6) is 0 Å². The van der Waals surface area contributed by atoms with E-state index in [-0.39, 0.29) is 5.92 Å². The van der Waals surface area contributed by atoms with Gasteiger partial charge in [-0.2, -0.15) is 15.0 Å². The van der Waals surface area contributed by atoms with E-state index in [0.29, 0.717) is 17.9 Å². The summed E-state index contributed by atoms with van der Waals surface area (Å²) in [6, 6.07) is 0.539. The van der Waals surface area contributed by atoms with E-state index in [0.717, 1.165) is 5.82 Å². The van der Waals surface area contributed by atoms with Gasteiger partial charge in [0.2, 0.25) is 11.9 Å². The Balaban J connectivity index is 2.21. The third kappa shape index (κ3) is 2.10. The number of nitrogens with two attached hydrogens (primary N) is 1. The summed E-state index contributed by atoms with van der Waals surface area (Å²) >= 11 is 0. The van der Waals surface area contributed by atoms with Gasteiger partial charge < -0.3 is 11.1 Å². The average Bonchev–Trinajstić information content (AvgIpc) is 2.87. The molecule has 1 aromatic rings. The van der Waals surface area contributed by atoms with Crippen molar-refractivity contribution in [3.8, 4) is 0 Å². The van der Waals surface area contributed by atoms with Gasteiger partial charge in [0.05, 0.1) is 0 Å². The topological polar surface area (TPSA) is 76.7 Å². The van der Waals surface area contributed by atoms with Gasteiger partial charge in [0, 0.05) is 12.0 Å². The Hall–Kier alpha value is -1.39. The molecule has 1 saturated carbocycles. The fourth-order valence-corrected chi connectivity index (χ4v) is 1.14. The van der Waals surface area contributed by atoms with Crippen molar-refractivity contribution in [3.63, 3.8) is 0 Å². The van der Waals surface area contributed by atoms with Gasteiger partial charge in [0.15, 0.2) is 0 Å². The van der Waals surface area contributed by atoms with E-state index in [1.807, 2.05) is 13.8 Å². The maximum absolute atomic E-state index is 5.59. The Kier molecular flexibility index (Phi) is 2.23. The van der Waals surface area contributed by atoms with Gasteiger partial charge in [-0.15, -0.1) is 0 Å². The number of nitrogen functional groups attached to an aromatic ring is 1. The van der Waals surface area contributed by atoms with Crippen LogP contribution in [0.2, 0.25) is 0 Å². The molecule has 0 amide bonds. The van der Waals surface area contributed by atoms with Crippen LogP contribution in [0.25, 0.3) is 0 Å². The van der Waals surface area contributed by atoms with Crippen LogP contribution in [0.15, 0.2) is 0 Å². The lowest BCUT2D eigenvalue weighted by Gasteiger charge is -2.07. The Morgan fingerprint density at radius 2 is 2.00 bits per heavy atom. The molecule has 0 radical (unpaired) electrons. The summed E-state index contributed by atoms with van der Waals surface area (Å²) in [6.07, 6.45) is 2.39.